The van der Waals surface area contributed by atoms with Gasteiger partial charge in [0.15, 0.2) is 0 Å². The lowest BCUT2D eigenvalue weighted by molar-refractivity contribution is 0.00726. The summed E-state index contributed by atoms with van der Waals surface area (Å²) in [6.45, 7) is 4.53. The van der Waals surface area contributed by atoms with E-state index in [2.05, 4.69) is 39.6 Å². The molecule has 31 heavy (non-hydrogen) atoms. The fourth-order valence-corrected chi connectivity index (χ4v) is 5.27. The Kier molecular flexibility index (Phi) is 4.69. The molecule has 2 fully saturated rings. The summed E-state index contributed by atoms with van der Waals surface area (Å²) in [5.41, 5.74) is 1.65. The number of fused-ring (bicyclic) bond motifs is 2. The molecular formula is C23H26FN5O2. The van der Waals surface area contributed by atoms with Crippen molar-refractivity contribution in [2.45, 2.75) is 63.1 Å². The summed E-state index contributed by atoms with van der Waals surface area (Å²) in [7, 11) is 0. The van der Waals surface area contributed by atoms with Crippen LogP contribution in [-0.2, 0) is 0 Å². The first kappa shape index (κ1) is 19.9. The summed E-state index contributed by atoms with van der Waals surface area (Å²) in [4.78, 5) is 0. The molecular weight excluding hydrogens is 397 g/mol. The Morgan fingerprint density at radius 2 is 1.87 bits per heavy atom. The third-order valence-corrected chi connectivity index (χ3v) is 6.52. The van der Waals surface area contributed by atoms with E-state index < -0.39 is 5.82 Å². The van der Waals surface area contributed by atoms with Crippen LogP contribution in [0.15, 0.2) is 36.7 Å². The Labute approximate surface area is 180 Å². The highest BCUT2D eigenvalue weighted by Gasteiger charge is 2.46. The number of phenols is 1. The fourth-order valence-electron chi connectivity index (χ4n) is 5.27. The maximum Gasteiger partial charge on any atom is 0.233 e. The monoisotopic (exact) mass is 423 g/mol. The van der Waals surface area contributed by atoms with Crippen molar-refractivity contribution in [3.05, 3.63) is 42.5 Å². The van der Waals surface area contributed by atoms with Gasteiger partial charge in [0.05, 0.1) is 11.9 Å². The first-order valence-electron chi connectivity index (χ1n) is 10.6. The molecule has 2 aliphatic rings. The first-order chi connectivity index (χ1) is 14.8. The standard InChI is InChI=1S/C23H26FN5O2/c1-22-6-3-7-23(2,29-22)11-15(10-22)31-21-5-4-19(27-28-21)17-8-18(24)16(9-20(17)30)14-12-25-26-13-14/h4-5,8-9,12-13,15,29-30H,3,6-7,10-11H2,1-2H3,(H,25,26)/t15-,22-,23+. The SMILES string of the molecule is C[C@]12CCC[C@](C)(C[C@@H](Oc3ccc(-c4cc(F)c(-c5cn[nH]c5)cc4O)nn3)C1)N2. The highest BCUT2D eigenvalue weighted by molar-refractivity contribution is 5.74. The summed E-state index contributed by atoms with van der Waals surface area (Å²) in [5.74, 6) is -0.109. The van der Waals surface area contributed by atoms with Crippen molar-refractivity contribution in [2.75, 3.05) is 0 Å². The molecule has 8 heteroatoms. The molecule has 5 rings (SSSR count). The van der Waals surface area contributed by atoms with Gasteiger partial charge in [0.2, 0.25) is 5.88 Å². The zero-order chi connectivity index (χ0) is 21.6. The van der Waals surface area contributed by atoms with Crippen molar-refractivity contribution in [1.82, 2.24) is 25.7 Å². The number of hydrogen-bond donors (Lipinski definition) is 3. The predicted molar refractivity (Wildman–Crippen MR) is 114 cm³/mol. The van der Waals surface area contributed by atoms with Gasteiger partial charge in [-0.1, -0.05) is 0 Å². The normalized spacial score (nSPS) is 27.8. The van der Waals surface area contributed by atoms with E-state index >= 15 is 0 Å². The molecule has 162 valence electrons. The van der Waals surface area contributed by atoms with E-state index in [0.717, 1.165) is 25.7 Å². The summed E-state index contributed by atoms with van der Waals surface area (Å²) in [5, 5.41) is 29.1. The van der Waals surface area contributed by atoms with E-state index in [0.29, 0.717) is 17.1 Å². The maximum atomic E-state index is 14.6. The van der Waals surface area contributed by atoms with Crippen LogP contribution < -0.4 is 10.1 Å². The number of aromatic nitrogens is 4. The summed E-state index contributed by atoms with van der Waals surface area (Å²) in [6.07, 6.45) is 8.51. The van der Waals surface area contributed by atoms with Crippen molar-refractivity contribution in [1.29, 1.82) is 0 Å². The van der Waals surface area contributed by atoms with E-state index in [1.54, 1.807) is 18.3 Å². The quantitative estimate of drug-likeness (QED) is 0.582. The molecule has 0 unspecified atom stereocenters. The average molecular weight is 423 g/mol. The molecule has 3 aromatic rings. The van der Waals surface area contributed by atoms with Gasteiger partial charge >= 0.3 is 0 Å². The minimum Gasteiger partial charge on any atom is -0.507 e. The maximum absolute atomic E-state index is 14.6. The summed E-state index contributed by atoms with van der Waals surface area (Å²) in [6, 6.07) is 6.06. The van der Waals surface area contributed by atoms with Crippen LogP contribution in [0.5, 0.6) is 11.6 Å². The van der Waals surface area contributed by atoms with Gasteiger partial charge in [0.1, 0.15) is 17.7 Å². The molecule has 0 aliphatic carbocycles. The number of ether oxygens (including phenoxy) is 1. The van der Waals surface area contributed by atoms with Gasteiger partial charge in [0.25, 0.3) is 0 Å². The molecule has 0 spiro atoms. The van der Waals surface area contributed by atoms with Gasteiger partial charge < -0.3 is 15.2 Å². The molecule has 0 radical (unpaired) electrons. The molecule has 7 nitrogen and oxygen atoms in total. The number of piperidine rings is 2. The van der Waals surface area contributed by atoms with Crippen molar-refractivity contribution < 1.29 is 14.2 Å². The molecule has 2 bridgehead atoms. The molecule has 3 atom stereocenters. The molecule has 2 aromatic heterocycles. The second-order valence-electron chi connectivity index (χ2n) is 9.34. The van der Waals surface area contributed by atoms with E-state index in [1.807, 2.05) is 0 Å². The lowest BCUT2D eigenvalue weighted by Gasteiger charge is -2.53. The third kappa shape index (κ3) is 3.87. The molecule has 2 aliphatic heterocycles. The third-order valence-electron chi connectivity index (χ3n) is 6.52. The Hall–Kier alpha value is -3.00. The summed E-state index contributed by atoms with van der Waals surface area (Å²) >= 11 is 0. The minimum absolute atomic E-state index is 0.0665. The molecule has 4 heterocycles. The number of nitrogens with zero attached hydrogens (tertiary/aromatic N) is 3. The number of nitrogens with one attached hydrogen (secondary N) is 2. The lowest BCUT2D eigenvalue weighted by Crippen LogP contribution is -2.65. The van der Waals surface area contributed by atoms with Crippen LogP contribution in [0.4, 0.5) is 4.39 Å². The lowest BCUT2D eigenvalue weighted by atomic mass is 9.70. The second-order valence-corrected chi connectivity index (χ2v) is 9.34. The highest BCUT2D eigenvalue weighted by Crippen LogP contribution is 2.41. The van der Waals surface area contributed by atoms with Crippen LogP contribution in [-0.4, -0.2) is 42.7 Å². The van der Waals surface area contributed by atoms with Crippen LogP contribution in [0.2, 0.25) is 0 Å². The Morgan fingerprint density at radius 1 is 1.10 bits per heavy atom. The number of hydrogen-bond acceptors (Lipinski definition) is 6. The number of rotatable bonds is 4. The van der Waals surface area contributed by atoms with Gasteiger partial charge in [-0.2, -0.15) is 5.10 Å². The molecule has 1 aromatic carbocycles. The van der Waals surface area contributed by atoms with Crippen LogP contribution in [0.3, 0.4) is 0 Å². The van der Waals surface area contributed by atoms with Crippen molar-refractivity contribution in [2.24, 2.45) is 0 Å². The number of benzene rings is 1. The number of halogens is 1. The minimum atomic E-state index is -0.473. The van der Waals surface area contributed by atoms with E-state index in [4.69, 9.17) is 4.74 Å². The van der Waals surface area contributed by atoms with Gasteiger partial charge in [-0.3, -0.25) is 5.10 Å². The largest absolute Gasteiger partial charge is 0.507 e. The van der Waals surface area contributed by atoms with Crippen molar-refractivity contribution >= 4 is 0 Å². The molecule has 0 amide bonds. The van der Waals surface area contributed by atoms with Gasteiger partial charge in [0, 0.05) is 52.9 Å². The molecule has 0 saturated carbocycles. The van der Waals surface area contributed by atoms with Crippen LogP contribution in [0, 0.1) is 5.82 Å². The smallest absolute Gasteiger partial charge is 0.233 e. The van der Waals surface area contributed by atoms with Crippen LogP contribution >= 0.6 is 0 Å². The summed E-state index contributed by atoms with van der Waals surface area (Å²) < 4.78 is 20.8. The molecule has 2 saturated heterocycles. The number of aromatic amines is 1. The number of H-pyrrole nitrogens is 1. The van der Waals surface area contributed by atoms with E-state index in [9.17, 15) is 9.50 Å². The number of aromatic hydroxyl groups is 1. The Morgan fingerprint density at radius 3 is 2.52 bits per heavy atom. The first-order valence-corrected chi connectivity index (χ1v) is 10.6. The Balaban J connectivity index is 1.34. The highest BCUT2D eigenvalue weighted by atomic mass is 19.1. The van der Waals surface area contributed by atoms with E-state index in [-0.39, 0.29) is 34.1 Å². The van der Waals surface area contributed by atoms with Gasteiger partial charge in [-0.05, 0) is 51.3 Å². The molecule has 3 N–H and O–H groups in total. The van der Waals surface area contributed by atoms with Crippen LogP contribution in [0.1, 0.15) is 46.0 Å². The topological polar surface area (TPSA) is 96.0 Å². The Bertz CT molecular complexity index is 1070. The fraction of sp³-hybridized carbons (Fsp3) is 0.435. The van der Waals surface area contributed by atoms with Crippen molar-refractivity contribution in [3.8, 4) is 34.0 Å². The van der Waals surface area contributed by atoms with Crippen molar-refractivity contribution in [3.63, 3.8) is 0 Å². The van der Waals surface area contributed by atoms with Crippen LogP contribution in [0.25, 0.3) is 22.4 Å². The zero-order valence-corrected chi connectivity index (χ0v) is 17.7. The van der Waals surface area contributed by atoms with Gasteiger partial charge in [-0.15, -0.1) is 10.2 Å². The predicted octanol–water partition coefficient (Wildman–Crippen LogP) is 4.21. The number of phenolic OH excluding ortho intramolecular Hbond substituents is 1. The zero-order valence-electron chi connectivity index (χ0n) is 17.7. The second kappa shape index (κ2) is 7.30. The average Bonchev–Trinajstić information content (AvgIpc) is 3.23. The van der Waals surface area contributed by atoms with Gasteiger partial charge in [-0.25, -0.2) is 4.39 Å². The van der Waals surface area contributed by atoms with E-state index in [1.165, 1.54) is 24.8 Å².